The average Bonchev–Trinajstić information content (AvgIpc) is 3.03. The first-order valence-electron chi connectivity index (χ1n) is 8.59. The Kier molecular flexibility index (Phi) is 7.30. The normalized spacial score (nSPS) is 22.0. The van der Waals surface area contributed by atoms with Gasteiger partial charge < -0.3 is 20.1 Å². The van der Waals surface area contributed by atoms with Gasteiger partial charge in [-0.3, -0.25) is 4.99 Å². The van der Waals surface area contributed by atoms with E-state index >= 15 is 0 Å². The number of guanidine groups is 1. The molecule has 1 heterocycles. The minimum atomic E-state index is 0.107. The van der Waals surface area contributed by atoms with Gasteiger partial charge in [-0.2, -0.15) is 0 Å². The second kappa shape index (κ2) is 9.26. The zero-order valence-electron chi connectivity index (χ0n) is 13.4. The number of hydrogen-bond acceptors (Lipinski definition) is 3. The van der Waals surface area contributed by atoms with Crippen LogP contribution in [0.4, 0.5) is 0 Å². The zero-order chi connectivity index (χ0) is 14.9. The Hall–Kier alpha value is -0.810. The van der Waals surface area contributed by atoms with Crippen LogP contribution in [0, 0.1) is 5.92 Å². The number of nitrogens with one attached hydrogen (secondary N) is 1. The number of hydrogen-bond donors (Lipinski definition) is 2. The first-order valence-corrected chi connectivity index (χ1v) is 8.59. The summed E-state index contributed by atoms with van der Waals surface area (Å²) in [7, 11) is 0. The van der Waals surface area contributed by atoms with Gasteiger partial charge in [0.1, 0.15) is 0 Å². The minimum Gasteiger partial charge on any atom is -0.394 e. The Morgan fingerprint density at radius 3 is 2.57 bits per heavy atom. The van der Waals surface area contributed by atoms with Gasteiger partial charge in [-0.1, -0.05) is 12.8 Å². The van der Waals surface area contributed by atoms with E-state index in [1.807, 2.05) is 0 Å². The molecule has 1 aliphatic heterocycles. The first-order chi connectivity index (χ1) is 10.3. The molecule has 0 aromatic carbocycles. The van der Waals surface area contributed by atoms with Gasteiger partial charge in [0.2, 0.25) is 0 Å². The van der Waals surface area contributed by atoms with Crippen LogP contribution in [-0.4, -0.2) is 61.5 Å². The molecule has 0 radical (unpaired) electrons. The van der Waals surface area contributed by atoms with Crippen molar-refractivity contribution in [3.8, 4) is 0 Å². The molecule has 0 spiro atoms. The van der Waals surface area contributed by atoms with Crippen LogP contribution in [0.1, 0.15) is 45.4 Å². The molecule has 0 aromatic heterocycles. The summed E-state index contributed by atoms with van der Waals surface area (Å²) in [6.07, 6.45) is 8.07. The molecule has 1 aliphatic carbocycles. The summed E-state index contributed by atoms with van der Waals surface area (Å²) in [6, 6.07) is 0. The molecule has 2 rings (SSSR count). The van der Waals surface area contributed by atoms with Crippen molar-refractivity contribution in [3.63, 3.8) is 0 Å². The highest BCUT2D eigenvalue weighted by molar-refractivity contribution is 5.80. The molecule has 0 unspecified atom stereocenters. The monoisotopic (exact) mass is 297 g/mol. The molecule has 0 bridgehead atoms. The van der Waals surface area contributed by atoms with Crippen molar-refractivity contribution in [1.29, 1.82) is 0 Å². The summed E-state index contributed by atoms with van der Waals surface area (Å²) in [5.41, 5.74) is 0. The summed E-state index contributed by atoms with van der Waals surface area (Å²) in [4.78, 5) is 6.72. The number of aliphatic imine (C=N–C) groups is 1. The lowest BCUT2D eigenvalue weighted by molar-refractivity contribution is 0.00100. The van der Waals surface area contributed by atoms with E-state index in [1.165, 1.54) is 25.7 Å². The lowest BCUT2D eigenvalue weighted by Gasteiger charge is -2.34. The number of nitrogens with zero attached hydrogens (tertiary/aromatic N) is 2. The molecule has 2 N–H and O–H groups in total. The molecule has 0 amide bonds. The van der Waals surface area contributed by atoms with E-state index in [9.17, 15) is 0 Å². The number of likely N-dealkylation sites (tertiary alicyclic amines) is 1. The van der Waals surface area contributed by atoms with Gasteiger partial charge >= 0.3 is 0 Å². The van der Waals surface area contributed by atoms with Crippen molar-refractivity contribution >= 4 is 5.96 Å². The van der Waals surface area contributed by atoms with Crippen molar-refractivity contribution in [3.05, 3.63) is 0 Å². The van der Waals surface area contributed by atoms with Crippen LogP contribution in [-0.2, 0) is 4.74 Å². The molecule has 0 aromatic rings. The molecule has 122 valence electrons. The van der Waals surface area contributed by atoms with Gasteiger partial charge in [0.15, 0.2) is 5.96 Å². The summed E-state index contributed by atoms with van der Waals surface area (Å²) in [6.45, 7) is 6.47. The largest absolute Gasteiger partial charge is 0.394 e. The van der Waals surface area contributed by atoms with Gasteiger partial charge in [-0.05, 0) is 38.5 Å². The Morgan fingerprint density at radius 1 is 1.24 bits per heavy atom. The number of aliphatic hydroxyl groups excluding tert-OH is 1. The van der Waals surface area contributed by atoms with Crippen LogP contribution in [0.15, 0.2) is 4.99 Å². The van der Waals surface area contributed by atoms with Gasteiger partial charge in [0, 0.05) is 26.2 Å². The topological polar surface area (TPSA) is 57.1 Å². The fourth-order valence-corrected chi connectivity index (χ4v) is 3.27. The lowest BCUT2D eigenvalue weighted by atomic mass is 10.1. The van der Waals surface area contributed by atoms with Crippen LogP contribution in [0.25, 0.3) is 0 Å². The van der Waals surface area contributed by atoms with Gasteiger partial charge in [0.25, 0.3) is 0 Å². The summed E-state index contributed by atoms with van der Waals surface area (Å²) in [5.74, 6) is 1.74. The molecule has 5 heteroatoms. The zero-order valence-corrected chi connectivity index (χ0v) is 13.4. The molecule has 1 saturated heterocycles. The smallest absolute Gasteiger partial charge is 0.193 e. The SMILES string of the molecule is CCNC(=NCCO)N1CCC(OCC2CCCC2)CC1. The Balaban J connectivity index is 1.70. The maximum absolute atomic E-state index is 8.92. The predicted octanol–water partition coefficient (Wildman–Crippen LogP) is 1.62. The Bertz CT molecular complexity index is 309. The van der Waals surface area contributed by atoms with Crippen molar-refractivity contribution in [2.24, 2.45) is 10.9 Å². The molecule has 2 fully saturated rings. The van der Waals surface area contributed by atoms with Crippen LogP contribution < -0.4 is 5.32 Å². The van der Waals surface area contributed by atoms with Crippen molar-refractivity contribution < 1.29 is 9.84 Å². The van der Waals surface area contributed by atoms with E-state index in [1.54, 1.807) is 0 Å². The maximum Gasteiger partial charge on any atom is 0.193 e. The van der Waals surface area contributed by atoms with Crippen LogP contribution in [0.5, 0.6) is 0 Å². The third-order valence-electron chi connectivity index (χ3n) is 4.48. The molecule has 5 nitrogen and oxygen atoms in total. The van der Waals surface area contributed by atoms with Gasteiger partial charge in [-0.25, -0.2) is 0 Å². The summed E-state index contributed by atoms with van der Waals surface area (Å²) < 4.78 is 6.11. The van der Waals surface area contributed by atoms with Crippen LogP contribution in [0.2, 0.25) is 0 Å². The van der Waals surface area contributed by atoms with Crippen molar-refractivity contribution in [2.45, 2.75) is 51.6 Å². The highest BCUT2D eigenvalue weighted by atomic mass is 16.5. The standard InChI is InChI=1S/C16H31N3O2/c1-2-17-16(18-9-12-20)19-10-7-15(8-11-19)21-13-14-5-3-4-6-14/h14-15,20H,2-13H2,1H3,(H,17,18). The van der Waals surface area contributed by atoms with E-state index in [2.05, 4.69) is 22.1 Å². The van der Waals surface area contributed by atoms with Gasteiger partial charge in [-0.15, -0.1) is 0 Å². The fraction of sp³-hybridized carbons (Fsp3) is 0.938. The molecule has 21 heavy (non-hydrogen) atoms. The van der Waals surface area contributed by atoms with E-state index in [-0.39, 0.29) is 6.61 Å². The van der Waals surface area contributed by atoms with Crippen molar-refractivity contribution in [2.75, 3.05) is 39.4 Å². The quantitative estimate of drug-likeness (QED) is 0.578. The average molecular weight is 297 g/mol. The second-order valence-electron chi connectivity index (χ2n) is 6.13. The number of ether oxygens (including phenoxy) is 1. The number of piperidine rings is 1. The van der Waals surface area contributed by atoms with E-state index < -0.39 is 0 Å². The van der Waals surface area contributed by atoms with E-state index in [4.69, 9.17) is 9.84 Å². The predicted molar refractivity (Wildman–Crippen MR) is 85.6 cm³/mol. The molecule has 2 aliphatic rings. The van der Waals surface area contributed by atoms with Crippen LogP contribution >= 0.6 is 0 Å². The third kappa shape index (κ3) is 5.47. The van der Waals surface area contributed by atoms with E-state index in [0.29, 0.717) is 12.6 Å². The summed E-state index contributed by atoms with van der Waals surface area (Å²) in [5, 5.41) is 12.2. The Labute approximate surface area is 128 Å². The van der Waals surface area contributed by atoms with Crippen LogP contribution in [0.3, 0.4) is 0 Å². The molecular weight excluding hydrogens is 266 g/mol. The second-order valence-corrected chi connectivity index (χ2v) is 6.13. The minimum absolute atomic E-state index is 0.107. The number of rotatable bonds is 6. The third-order valence-corrected chi connectivity index (χ3v) is 4.48. The first kappa shape index (κ1) is 16.6. The summed E-state index contributed by atoms with van der Waals surface area (Å²) >= 11 is 0. The molecule has 1 saturated carbocycles. The molecular formula is C16H31N3O2. The highest BCUT2D eigenvalue weighted by Gasteiger charge is 2.23. The highest BCUT2D eigenvalue weighted by Crippen LogP contribution is 2.26. The van der Waals surface area contributed by atoms with E-state index in [0.717, 1.165) is 51.0 Å². The fourth-order valence-electron chi connectivity index (χ4n) is 3.27. The van der Waals surface area contributed by atoms with Crippen molar-refractivity contribution in [1.82, 2.24) is 10.2 Å². The maximum atomic E-state index is 8.92. The Morgan fingerprint density at radius 2 is 1.95 bits per heavy atom. The lowest BCUT2D eigenvalue weighted by Crippen LogP contribution is -2.47. The van der Waals surface area contributed by atoms with Gasteiger partial charge in [0.05, 0.1) is 19.3 Å². The molecule has 0 atom stereocenters. The number of aliphatic hydroxyl groups is 1.